The molecule has 4 rings (SSSR count). The van der Waals surface area contributed by atoms with Gasteiger partial charge in [-0.05, 0) is 43.2 Å². The van der Waals surface area contributed by atoms with Crippen LogP contribution in [0.2, 0.25) is 0 Å². The third kappa shape index (κ3) is 2.01. The van der Waals surface area contributed by atoms with Gasteiger partial charge in [-0.15, -0.1) is 12.4 Å². The molecule has 2 saturated carbocycles. The SMILES string of the molecule is Cl.NC1C2CCC(C2)C1c1nc(-c2cccnc2)no1. The van der Waals surface area contributed by atoms with Crippen molar-refractivity contribution in [1.82, 2.24) is 15.1 Å². The van der Waals surface area contributed by atoms with E-state index >= 15 is 0 Å². The first-order valence-electron chi connectivity index (χ1n) is 6.82. The Morgan fingerprint density at radius 2 is 2.10 bits per heavy atom. The van der Waals surface area contributed by atoms with Crippen molar-refractivity contribution in [2.45, 2.75) is 31.2 Å². The summed E-state index contributed by atoms with van der Waals surface area (Å²) in [4.78, 5) is 8.61. The molecule has 5 nitrogen and oxygen atoms in total. The standard InChI is InChI=1S/C14H16N4O.ClH/c15-12-9-4-3-8(6-9)11(12)14-17-13(18-19-14)10-2-1-5-16-7-10;/h1-2,5,7-9,11-12H,3-4,6,15H2;1H. The molecule has 4 atom stereocenters. The number of rotatable bonds is 2. The second-order valence-electron chi connectivity index (χ2n) is 5.63. The first-order chi connectivity index (χ1) is 9.33. The van der Waals surface area contributed by atoms with Crippen molar-refractivity contribution in [3.63, 3.8) is 0 Å². The van der Waals surface area contributed by atoms with E-state index in [1.54, 1.807) is 12.4 Å². The van der Waals surface area contributed by atoms with E-state index in [1.165, 1.54) is 19.3 Å². The summed E-state index contributed by atoms with van der Waals surface area (Å²) < 4.78 is 5.46. The minimum Gasteiger partial charge on any atom is -0.339 e. The maximum Gasteiger partial charge on any atom is 0.231 e. The molecule has 4 unspecified atom stereocenters. The molecule has 2 aliphatic carbocycles. The van der Waals surface area contributed by atoms with Crippen molar-refractivity contribution in [3.05, 3.63) is 30.4 Å². The number of nitrogens with two attached hydrogens (primary N) is 1. The van der Waals surface area contributed by atoms with Gasteiger partial charge in [0.2, 0.25) is 11.7 Å². The maximum absolute atomic E-state index is 6.30. The Bertz CT molecular complexity index is 586. The molecule has 0 aliphatic heterocycles. The lowest BCUT2D eigenvalue weighted by Crippen LogP contribution is -2.34. The third-order valence-corrected chi connectivity index (χ3v) is 4.63. The zero-order chi connectivity index (χ0) is 12.8. The highest BCUT2D eigenvalue weighted by Crippen LogP contribution is 2.51. The summed E-state index contributed by atoms with van der Waals surface area (Å²) in [6.07, 6.45) is 7.20. The summed E-state index contributed by atoms with van der Waals surface area (Å²) >= 11 is 0. The van der Waals surface area contributed by atoms with Crippen molar-refractivity contribution in [3.8, 4) is 11.4 Å². The molecule has 0 aromatic carbocycles. The summed E-state index contributed by atoms with van der Waals surface area (Å²) in [5.74, 6) is 2.83. The van der Waals surface area contributed by atoms with Crippen LogP contribution in [-0.2, 0) is 0 Å². The predicted molar refractivity (Wildman–Crippen MR) is 76.3 cm³/mol. The molecular formula is C14H17ClN4O. The number of halogens is 1. The Morgan fingerprint density at radius 3 is 2.80 bits per heavy atom. The van der Waals surface area contributed by atoms with Crippen molar-refractivity contribution < 1.29 is 4.52 Å². The van der Waals surface area contributed by atoms with Crippen molar-refractivity contribution in [2.24, 2.45) is 17.6 Å². The average Bonchev–Trinajstić information content (AvgIpc) is 3.14. The Hall–Kier alpha value is -1.46. The van der Waals surface area contributed by atoms with Crippen LogP contribution in [-0.4, -0.2) is 21.2 Å². The van der Waals surface area contributed by atoms with Gasteiger partial charge in [0.15, 0.2) is 0 Å². The predicted octanol–water partition coefficient (Wildman–Crippen LogP) is 2.39. The van der Waals surface area contributed by atoms with Crippen LogP contribution in [0, 0.1) is 11.8 Å². The van der Waals surface area contributed by atoms with Crippen LogP contribution in [0.25, 0.3) is 11.4 Å². The van der Waals surface area contributed by atoms with Gasteiger partial charge in [-0.25, -0.2) is 0 Å². The molecule has 2 aliphatic rings. The number of nitrogens with zero attached hydrogens (tertiary/aromatic N) is 3. The van der Waals surface area contributed by atoms with Gasteiger partial charge in [0.1, 0.15) is 0 Å². The van der Waals surface area contributed by atoms with E-state index in [0.29, 0.717) is 23.6 Å². The van der Waals surface area contributed by atoms with E-state index in [-0.39, 0.29) is 24.4 Å². The molecular weight excluding hydrogens is 276 g/mol. The Kier molecular flexibility index (Phi) is 3.48. The maximum atomic E-state index is 6.30. The Labute approximate surface area is 123 Å². The lowest BCUT2D eigenvalue weighted by atomic mass is 9.85. The van der Waals surface area contributed by atoms with E-state index in [1.807, 2.05) is 12.1 Å². The molecule has 0 spiro atoms. The molecule has 0 radical (unpaired) electrons. The summed E-state index contributed by atoms with van der Waals surface area (Å²) in [6.45, 7) is 0. The first kappa shape index (κ1) is 13.5. The fourth-order valence-corrected chi connectivity index (χ4v) is 3.69. The second kappa shape index (κ2) is 5.14. The molecule has 2 bridgehead atoms. The summed E-state index contributed by atoms with van der Waals surface area (Å²) in [6, 6.07) is 3.98. The number of aromatic nitrogens is 3. The van der Waals surface area contributed by atoms with Crippen LogP contribution >= 0.6 is 12.4 Å². The van der Waals surface area contributed by atoms with E-state index in [0.717, 1.165) is 5.56 Å². The fourth-order valence-electron chi connectivity index (χ4n) is 3.69. The minimum absolute atomic E-state index is 0. The van der Waals surface area contributed by atoms with Gasteiger partial charge in [0, 0.05) is 24.0 Å². The summed E-state index contributed by atoms with van der Waals surface area (Å²) in [5.41, 5.74) is 7.19. The van der Waals surface area contributed by atoms with Gasteiger partial charge in [-0.3, -0.25) is 4.98 Å². The zero-order valence-corrected chi connectivity index (χ0v) is 11.8. The number of pyridine rings is 1. The van der Waals surface area contributed by atoms with Gasteiger partial charge in [-0.2, -0.15) is 4.98 Å². The van der Waals surface area contributed by atoms with Crippen LogP contribution in [0.1, 0.15) is 31.1 Å². The molecule has 6 heteroatoms. The van der Waals surface area contributed by atoms with Crippen LogP contribution in [0.4, 0.5) is 0 Å². The lowest BCUT2D eigenvalue weighted by molar-refractivity contribution is 0.279. The van der Waals surface area contributed by atoms with Gasteiger partial charge < -0.3 is 10.3 Å². The van der Waals surface area contributed by atoms with Crippen LogP contribution in [0.15, 0.2) is 29.0 Å². The molecule has 0 amide bonds. The topological polar surface area (TPSA) is 77.8 Å². The zero-order valence-electron chi connectivity index (χ0n) is 11.0. The van der Waals surface area contributed by atoms with E-state index in [2.05, 4.69) is 15.1 Å². The number of hydrogen-bond donors (Lipinski definition) is 1. The van der Waals surface area contributed by atoms with Gasteiger partial charge in [0.05, 0.1) is 5.92 Å². The molecule has 20 heavy (non-hydrogen) atoms. The molecule has 2 aromatic heterocycles. The van der Waals surface area contributed by atoms with E-state index in [9.17, 15) is 0 Å². The molecule has 2 heterocycles. The van der Waals surface area contributed by atoms with Crippen molar-refractivity contribution in [2.75, 3.05) is 0 Å². The van der Waals surface area contributed by atoms with E-state index < -0.39 is 0 Å². The monoisotopic (exact) mass is 292 g/mol. The van der Waals surface area contributed by atoms with Gasteiger partial charge >= 0.3 is 0 Å². The highest BCUT2D eigenvalue weighted by atomic mass is 35.5. The van der Waals surface area contributed by atoms with Crippen molar-refractivity contribution >= 4 is 12.4 Å². The van der Waals surface area contributed by atoms with Crippen LogP contribution in [0.5, 0.6) is 0 Å². The molecule has 106 valence electrons. The van der Waals surface area contributed by atoms with Gasteiger partial charge in [0.25, 0.3) is 0 Å². The third-order valence-electron chi connectivity index (χ3n) is 4.63. The second-order valence-corrected chi connectivity index (χ2v) is 5.63. The Morgan fingerprint density at radius 1 is 1.25 bits per heavy atom. The molecule has 0 saturated heterocycles. The largest absolute Gasteiger partial charge is 0.339 e. The highest BCUT2D eigenvalue weighted by Gasteiger charge is 2.48. The van der Waals surface area contributed by atoms with E-state index in [4.69, 9.17) is 10.3 Å². The van der Waals surface area contributed by atoms with Gasteiger partial charge in [-0.1, -0.05) is 5.16 Å². The van der Waals surface area contributed by atoms with Crippen LogP contribution in [0.3, 0.4) is 0 Å². The molecule has 2 fully saturated rings. The first-order valence-corrected chi connectivity index (χ1v) is 6.82. The molecule has 2 N–H and O–H groups in total. The summed E-state index contributed by atoms with van der Waals surface area (Å²) in [5, 5.41) is 4.07. The smallest absolute Gasteiger partial charge is 0.231 e. The highest BCUT2D eigenvalue weighted by molar-refractivity contribution is 5.85. The quantitative estimate of drug-likeness (QED) is 0.919. The number of hydrogen-bond acceptors (Lipinski definition) is 5. The summed E-state index contributed by atoms with van der Waals surface area (Å²) in [7, 11) is 0. The fraction of sp³-hybridized carbons (Fsp3) is 0.500. The average molecular weight is 293 g/mol. The molecule has 2 aromatic rings. The lowest BCUT2D eigenvalue weighted by Gasteiger charge is -2.24. The van der Waals surface area contributed by atoms with Crippen molar-refractivity contribution in [1.29, 1.82) is 0 Å². The Balaban J connectivity index is 0.00000121. The minimum atomic E-state index is 0. The normalized spacial score (nSPS) is 31.2. The van der Waals surface area contributed by atoms with Crippen LogP contribution < -0.4 is 5.73 Å². The number of fused-ring (bicyclic) bond motifs is 2.